The lowest BCUT2D eigenvalue weighted by Crippen LogP contribution is -3.00. The fourth-order valence-electron chi connectivity index (χ4n) is 4.71. The van der Waals surface area contributed by atoms with Gasteiger partial charge in [-0.3, -0.25) is 4.79 Å². The maximum absolute atomic E-state index is 12.8. The van der Waals surface area contributed by atoms with E-state index in [2.05, 4.69) is 12.1 Å². The molecule has 1 saturated heterocycles. The Morgan fingerprint density at radius 1 is 1.06 bits per heavy atom. The number of rotatable bonds is 6. The van der Waals surface area contributed by atoms with Crippen molar-refractivity contribution in [2.75, 3.05) is 20.2 Å². The predicted octanol–water partition coefficient (Wildman–Crippen LogP) is 0.940. The van der Waals surface area contributed by atoms with Gasteiger partial charge in [0, 0.05) is 25.2 Å². The quantitative estimate of drug-likeness (QED) is 0.408. The number of carbonyl (C=O) groups is 1. The number of carbonyl (C=O) groups excluding carboxylic acids is 1. The van der Waals surface area contributed by atoms with Gasteiger partial charge in [0.1, 0.15) is 7.05 Å². The van der Waals surface area contributed by atoms with E-state index in [9.17, 15) is 4.79 Å². The van der Waals surface area contributed by atoms with Crippen LogP contribution in [0, 0.1) is 5.92 Å². The second kappa shape index (κ2) is 11.2. The van der Waals surface area contributed by atoms with Crippen molar-refractivity contribution >= 4 is 5.91 Å². The van der Waals surface area contributed by atoms with Gasteiger partial charge < -0.3 is 38.4 Å². The van der Waals surface area contributed by atoms with E-state index >= 15 is 0 Å². The first-order chi connectivity index (χ1) is 14.6. The average molecular weight is 536 g/mol. The maximum atomic E-state index is 12.8. The SMILES string of the molecule is COc1ccc(CC2CCN(C(=O)c3cccc[n+]3C)CC2)cc1OC1CCCC1.[I-]. The van der Waals surface area contributed by atoms with Crippen LogP contribution in [0.4, 0.5) is 0 Å². The third kappa shape index (κ3) is 5.90. The summed E-state index contributed by atoms with van der Waals surface area (Å²) in [6.45, 7) is 1.64. The molecule has 4 rings (SSSR count). The highest BCUT2D eigenvalue weighted by Crippen LogP contribution is 2.34. The zero-order valence-electron chi connectivity index (χ0n) is 18.6. The Bertz CT molecular complexity index is 875. The second-order valence-electron chi connectivity index (χ2n) is 8.65. The highest BCUT2D eigenvalue weighted by Gasteiger charge is 2.28. The molecule has 0 bridgehead atoms. The third-order valence-corrected chi connectivity index (χ3v) is 6.52. The number of likely N-dealkylation sites (tertiary alicyclic amines) is 1. The fourth-order valence-corrected chi connectivity index (χ4v) is 4.71. The summed E-state index contributed by atoms with van der Waals surface area (Å²) < 4.78 is 13.7. The zero-order valence-corrected chi connectivity index (χ0v) is 20.7. The van der Waals surface area contributed by atoms with Gasteiger partial charge in [-0.2, -0.15) is 4.57 Å². The van der Waals surface area contributed by atoms with E-state index in [1.54, 1.807) is 7.11 Å². The topological polar surface area (TPSA) is 42.7 Å². The van der Waals surface area contributed by atoms with Crippen LogP contribution >= 0.6 is 0 Å². The van der Waals surface area contributed by atoms with E-state index < -0.39 is 0 Å². The molecule has 0 spiro atoms. The molecule has 0 radical (unpaired) electrons. The largest absolute Gasteiger partial charge is 1.00 e. The molecule has 2 aromatic rings. The van der Waals surface area contributed by atoms with Crippen molar-refractivity contribution in [3.63, 3.8) is 0 Å². The number of amides is 1. The first-order valence-corrected chi connectivity index (χ1v) is 11.2. The normalized spacial score (nSPS) is 17.3. The number of halogens is 1. The monoisotopic (exact) mass is 536 g/mol. The van der Waals surface area contributed by atoms with Gasteiger partial charge in [0.15, 0.2) is 17.7 Å². The van der Waals surface area contributed by atoms with E-state index in [1.165, 1.54) is 18.4 Å². The molecule has 2 aliphatic rings. The summed E-state index contributed by atoms with van der Waals surface area (Å²) >= 11 is 0. The summed E-state index contributed by atoms with van der Waals surface area (Å²) in [6, 6.07) is 12.1. The first-order valence-electron chi connectivity index (χ1n) is 11.2. The average Bonchev–Trinajstić information content (AvgIpc) is 3.27. The highest BCUT2D eigenvalue weighted by atomic mass is 127. The lowest BCUT2D eigenvalue weighted by atomic mass is 9.90. The van der Waals surface area contributed by atoms with Gasteiger partial charge in [-0.05, 0) is 74.6 Å². The van der Waals surface area contributed by atoms with Crippen molar-refractivity contribution in [1.82, 2.24) is 4.90 Å². The molecule has 1 aromatic heterocycles. The molecule has 1 amide bonds. The molecular formula is C25H33IN2O3. The molecule has 1 aliphatic heterocycles. The number of hydrogen-bond donors (Lipinski definition) is 0. The number of aryl methyl sites for hydroxylation is 1. The summed E-state index contributed by atoms with van der Waals surface area (Å²) in [4.78, 5) is 14.8. The van der Waals surface area contributed by atoms with Crippen LogP contribution in [-0.2, 0) is 13.5 Å². The lowest BCUT2D eigenvalue weighted by Gasteiger charge is -2.31. The minimum absolute atomic E-state index is 0. The smallest absolute Gasteiger partial charge is 0.318 e. The highest BCUT2D eigenvalue weighted by molar-refractivity contribution is 5.90. The Kier molecular flexibility index (Phi) is 8.58. The van der Waals surface area contributed by atoms with Crippen LogP contribution in [0.5, 0.6) is 11.5 Å². The Labute approximate surface area is 202 Å². The van der Waals surface area contributed by atoms with Crippen LogP contribution in [0.1, 0.15) is 54.6 Å². The van der Waals surface area contributed by atoms with Gasteiger partial charge in [0.05, 0.1) is 13.2 Å². The predicted molar refractivity (Wildman–Crippen MR) is 116 cm³/mol. The first kappa shape index (κ1) is 23.8. The lowest BCUT2D eigenvalue weighted by molar-refractivity contribution is -0.673. The van der Waals surface area contributed by atoms with Crippen LogP contribution in [0.15, 0.2) is 42.6 Å². The van der Waals surface area contributed by atoms with Crippen molar-refractivity contribution in [2.45, 2.75) is 51.0 Å². The molecular weight excluding hydrogens is 503 g/mol. The molecule has 0 atom stereocenters. The number of nitrogens with zero attached hydrogens (tertiary/aromatic N) is 2. The minimum atomic E-state index is 0. The van der Waals surface area contributed by atoms with Crippen molar-refractivity contribution in [3.8, 4) is 11.5 Å². The van der Waals surface area contributed by atoms with Crippen LogP contribution in [0.25, 0.3) is 0 Å². The molecule has 1 saturated carbocycles. The molecule has 2 fully saturated rings. The summed E-state index contributed by atoms with van der Waals surface area (Å²) in [5.74, 6) is 2.42. The number of aromatic nitrogens is 1. The van der Waals surface area contributed by atoms with Crippen LogP contribution < -0.4 is 38.0 Å². The van der Waals surface area contributed by atoms with E-state index in [0.29, 0.717) is 12.0 Å². The molecule has 0 N–H and O–H groups in total. The number of ether oxygens (including phenoxy) is 2. The number of hydrogen-bond acceptors (Lipinski definition) is 3. The summed E-state index contributed by atoms with van der Waals surface area (Å²) in [7, 11) is 3.63. The molecule has 5 nitrogen and oxygen atoms in total. The van der Waals surface area contributed by atoms with Crippen LogP contribution in [0.2, 0.25) is 0 Å². The Balaban J connectivity index is 0.00000272. The standard InChI is InChI=1S/C25H33N2O3.HI/c1-26-14-6-5-9-22(26)25(28)27-15-12-19(13-16-27)17-20-10-11-23(29-2)24(18-20)30-21-7-3-4-8-21;/h5-6,9-11,14,18-19,21H,3-4,7-8,12-13,15-17H2,1-2H3;1H/q+1;/p-1. The second-order valence-corrected chi connectivity index (χ2v) is 8.65. The van der Waals surface area contributed by atoms with Crippen molar-refractivity contribution in [1.29, 1.82) is 0 Å². The van der Waals surface area contributed by atoms with Gasteiger partial charge in [-0.25, -0.2) is 0 Å². The third-order valence-electron chi connectivity index (χ3n) is 6.52. The van der Waals surface area contributed by atoms with Gasteiger partial charge in [-0.1, -0.05) is 6.07 Å². The summed E-state index contributed by atoms with van der Waals surface area (Å²) in [5, 5.41) is 0. The summed E-state index contributed by atoms with van der Waals surface area (Å²) in [6.07, 6.45) is 10.1. The fraction of sp³-hybridized carbons (Fsp3) is 0.520. The summed E-state index contributed by atoms with van der Waals surface area (Å²) in [5.41, 5.74) is 2.04. The van der Waals surface area contributed by atoms with Gasteiger partial charge in [-0.15, -0.1) is 0 Å². The molecule has 2 heterocycles. The molecule has 6 heteroatoms. The Morgan fingerprint density at radius 3 is 2.48 bits per heavy atom. The maximum Gasteiger partial charge on any atom is 0.318 e. The van der Waals surface area contributed by atoms with Gasteiger partial charge in [0.2, 0.25) is 0 Å². The zero-order chi connectivity index (χ0) is 20.9. The Hall–Kier alpha value is -1.83. The van der Waals surface area contributed by atoms with Crippen molar-refractivity contribution < 1.29 is 42.8 Å². The van der Waals surface area contributed by atoms with Gasteiger partial charge >= 0.3 is 5.91 Å². The Morgan fingerprint density at radius 2 is 1.81 bits per heavy atom. The molecule has 168 valence electrons. The minimum Gasteiger partial charge on any atom is -1.00 e. The number of piperidine rings is 1. The molecule has 0 unspecified atom stereocenters. The van der Waals surface area contributed by atoms with E-state index in [1.807, 2.05) is 47.0 Å². The van der Waals surface area contributed by atoms with E-state index in [-0.39, 0.29) is 29.9 Å². The number of methoxy groups -OCH3 is 1. The molecule has 31 heavy (non-hydrogen) atoms. The van der Waals surface area contributed by atoms with Crippen LogP contribution in [0.3, 0.4) is 0 Å². The van der Waals surface area contributed by atoms with E-state index in [0.717, 1.165) is 62.4 Å². The van der Waals surface area contributed by atoms with Crippen LogP contribution in [-0.4, -0.2) is 37.1 Å². The molecule has 1 aliphatic carbocycles. The van der Waals surface area contributed by atoms with Gasteiger partial charge in [0.25, 0.3) is 5.69 Å². The van der Waals surface area contributed by atoms with Crippen molar-refractivity contribution in [2.24, 2.45) is 13.0 Å². The van der Waals surface area contributed by atoms with Crippen molar-refractivity contribution in [3.05, 3.63) is 53.9 Å². The molecule has 1 aromatic carbocycles. The van der Waals surface area contributed by atoms with E-state index in [4.69, 9.17) is 9.47 Å². The number of pyridine rings is 1. The number of benzene rings is 1.